The quantitative estimate of drug-likeness (QED) is 0.898. The molecule has 0 amide bonds. The molecule has 2 heterocycles. The normalized spacial score (nSPS) is 25.2. The molecule has 0 radical (unpaired) electrons. The lowest BCUT2D eigenvalue weighted by molar-refractivity contribution is 0.139. The number of aryl methyl sites for hydroxylation is 1. The summed E-state index contributed by atoms with van der Waals surface area (Å²) >= 11 is 0. The van der Waals surface area contributed by atoms with E-state index in [-0.39, 0.29) is 18.1 Å². The topological polar surface area (TPSA) is 75.9 Å². The number of rotatable bonds is 4. The second-order valence-corrected chi connectivity index (χ2v) is 6.08. The number of anilines is 1. The minimum atomic E-state index is -0.0700. The number of nitrogens with zero attached hydrogens (tertiary/aromatic N) is 4. The highest BCUT2D eigenvalue weighted by Gasteiger charge is 2.38. The summed E-state index contributed by atoms with van der Waals surface area (Å²) in [5.41, 5.74) is 0.878. The average molecular weight is 287 g/mol. The summed E-state index contributed by atoms with van der Waals surface area (Å²) in [7, 11) is 0. The van der Waals surface area contributed by atoms with E-state index >= 15 is 0 Å². The Kier molecular flexibility index (Phi) is 3.63. The van der Waals surface area contributed by atoms with Gasteiger partial charge in [0.2, 0.25) is 0 Å². The monoisotopic (exact) mass is 287 g/mol. The summed E-state index contributed by atoms with van der Waals surface area (Å²) in [4.78, 5) is 0. The van der Waals surface area contributed by atoms with Gasteiger partial charge >= 0.3 is 0 Å². The van der Waals surface area contributed by atoms with Gasteiger partial charge in [0.25, 0.3) is 0 Å². The largest absolute Gasteiger partial charge is 0.396 e. The fraction of sp³-hybridized carbons (Fsp3) is 0.533. The summed E-state index contributed by atoms with van der Waals surface area (Å²) in [5, 5.41) is 25.7. The molecule has 2 atom stereocenters. The average Bonchev–Trinajstić information content (AvgIpc) is 3.08. The van der Waals surface area contributed by atoms with Crippen LogP contribution < -0.4 is 5.32 Å². The molecule has 1 aliphatic rings. The van der Waals surface area contributed by atoms with E-state index in [1.807, 2.05) is 31.3 Å². The van der Waals surface area contributed by atoms with Gasteiger partial charge in [-0.1, -0.05) is 13.3 Å². The van der Waals surface area contributed by atoms with E-state index in [4.69, 9.17) is 0 Å². The van der Waals surface area contributed by atoms with Crippen molar-refractivity contribution in [2.24, 2.45) is 5.41 Å². The minimum Gasteiger partial charge on any atom is -0.396 e. The highest BCUT2D eigenvalue weighted by Crippen LogP contribution is 2.38. The second-order valence-electron chi connectivity index (χ2n) is 6.08. The Hall–Kier alpha value is -1.95. The first-order chi connectivity index (χ1) is 10.1. The van der Waals surface area contributed by atoms with Crippen molar-refractivity contribution in [2.45, 2.75) is 39.2 Å². The zero-order valence-corrected chi connectivity index (χ0v) is 12.5. The molecule has 0 aliphatic heterocycles. The molecule has 1 aliphatic carbocycles. The predicted octanol–water partition coefficient (Wildman–Crippen LogP) is 1.93. The van der Waals surface area contributed by atoms with Crippen LogP contribution in [0.4, 0.5) is 5.82 Å². The van der Waals surface area contributed by atoms with Gasteiger partial charge in [-0.25, -0.2) is 4.68 Å². The molecule has 6 heteroatoms. The van der Waals surface area contributed by atoms with E-state index in [9.17, 15) is 5.11 Å². The number of hydrogen-bond donors (Lipinski definition) is 2. The fourth-order valence-corrected chi connectivity index (χ4v) is 2.91. The Bertz CT molecular complexity index is 609. The van der Waals surface area contributed by atoms with Gasteiger partial charge in [0.15, 0.2) is 5.82 Å². The summed E-state index contributed by atoms with van der Waals surface area (Å²) in [6.45, 7) is 4.25. The maximum absolute atomic E-state index is 9.58. The molecule has 2 aromatic rings. The first-order valence-corrected chi connectivity index (χ1v) is 7.34. The summed E-state index contributed by atoms with van der Waals surface area (Å²) < 4.78 is 1.71. The van der Waals surface area contributed by atoms with Crippen LogP contribution in [0.1, 0.15) is 31.9 Å². The Morgan fingerprint density at radius 1 is 1.38 bits per heavy atom. The molecule has 0 spiro atoms. The van der Waals surface area contributed by atoms with Crippen LogP contribution in [0.2, 0.25) is 0 Å². The lowest BCUT2D eigenvalue weighted by Crippen LogP contribution is -2.36. The van der Waals surface area contributed by atoms with Gasteiger partial charge < -0.3 is 10.4 Å². The molecule has 2 aromatic heterocycles. The van der Waals surface area contributed by atoms with Gasteiger partial charge in [0, 0.05) is 17.7 Å². The molecular weight excluding hydrogens is 266 g/mol. The van der Waals surface area contributed by atoms with Crippen LogP contribution in [-0.4, -0.2) is 37.7 Å². The lowest BCUT2D eigenvalue weighted by atomic mass is 9.86. The summed E-state index contributed by atoms with van der Waals surface area (Å²) in [6.07, 6.45) is 5.09. The van der Waals surface area contributed by atoms with Crippen molar-refractivity contribution in [3.63, 3.8) is 0 Å². The summed E-state index contributed by atoms with van der Waals surface area (Å²) in [5.74, 6) is 1.44. The number of hydrogen-bond acceptors (Lipinski definition) is 5. The zero-order chi connectivity index (χ0) is 14.9. The first-order valence-electron chi connectivity index (χ1n) is 7.34. The predicted molar refractivity (Wildman–Crippen MR) is 80.3 cm³/mol. The molecule has 0 bridgehead atoms. The lowest BCUT2D eigenvalue weighted by Gasteiger charge is -2.30. The molecule has 21 heavy (non-hydrogen) atoms. The first kappa shape index (κ1) is 14.0. The van der Waals surface area contributed by atoms with Crippen LogP contribution in [0.3, 0.4) is 0 Å². The maximum atomic E-state index is 9.58. The van der Waals surface area contributed by atoms with Crippen molar-refractivity contribution in [3.8, 4) is 5.82 Å². The van der Waals surface area contributed by atoms with Crippen molar-refractivity contribution in [3.05, 3.63) is 30.1 Å². The van der Waals surface area contributed by atoms with E-state index in [2.05, 4.69) is 27.5 Å². The van der Waals surface area contributed by atoms with Crippen LogP contribution in [0, 0.1) is 12.3 Å². The van der Waals surface area contributed by atoms with Gasteiger partial charge in [-0.3, -0.25) is 0 Å². The third-order valence-electron chi connectivity index (χ3n) is 4.37. The van der Waals surface area contributed by atoms with Gasteiger partial charge in [-0.2, -0.15) is 5.10 Å². The molecule has 2 N–H and O–H groups in total. The van der Waals surface area contributed by atoms with Crippen LogP contribution in [0.5, 0.6) is 0 Å². The molecule has 112 valence electrons. The van der Waals surface area contributed by atoms with Crippen LogP contribution in [0.15, 0.2) is 24.4 Å². The van der Waals surface area contributed by atoms with E-state index in [1.54, 1.807) is 4.68 Å². The van der Waals surface area contributed by atoms with Gasteiger partial charge in [0.1, 0.15) is 5.82 Å². The molecule has 0 saturated heterocycles. The van der Waals surface area contributed by atoms with Crippen molar-refractivity contribution >= 4 is 5.82 Å². The van der Waals surface area contributed by atoms with E-state index in [1.165, 1.54) is 0 Å². The molecule has 0 unspecified atom stereocenters. The molecule has 6 nitrogen and oxygen atoms in total. The van der Waals surface area contributed by atoms with Crippen LogP contribution in [0.25, 0.3) is 5.82 Å². The third kappa shape index (κ3) is 2.76. The number of nitrogens with one attached hydrogen (secondary N) is 1. The number of aliphatic hydroxyl groups is 1. The van der Waals surface area contributed by atoms with E-state index in [0.29, 0.717) is 5.82 Å². The van der Waals surface area contributed by atoms with Crippen molar-refractivity contribution in [2.75, 3.05) is 11.9 Å². The van der Waals surface area contributed by atoms with Crippen LogP contribution >= 0.6 is 0 Å². The fourth-order valence-electron chi connectivity index (χ4n) is 2.91. The van der Waals surface area contributed by atoms with E-state index in [0.717, 1.165) is 30.8 Å². The molecule has 1 fully saturated rings. The molecule has 0 aromatic carbocycles. The Labute approximate surface area is 124 Å². The van der Waals surface area contributed by atoms with Crippen molar-refractivity contribution < 1.29 is 5.11 Å². The third-order valence-corrected chi connectivity index (χ3v) is 4.37. The number of aliphatic hydroxyl groups excluding tert-OH is 1. The second kappa shape index (κ2) is 5.44. The Morgan fingerprint density at radius 2 is 2.24 bits per heavy atom. The molecule has 3 rings (SSSR count). The summed E-state index contributed by atoms with van der Waals surface area (Å²) in [6, 6.07) is 5.98. The maximum Gasteiger partial charge on any atom is 0.175 e. The van der Waals surface area contributed by atoms with Gasteiger partial charge in [0.05, 0.1) is 12.3 Å². The minimum absolute atomic E-state index is 0.0700. The Balaban J connectivity index is 1.73. The van der Waals surface area contributed by atoms with Crippen molar-refractivity contribution in [1.29, 1.82) is 0 Å². The smallest absolute Gasteiger partial charge is 0.175 e. The zero-order valence-electron chi connectivity index (χ0n) is 12.5. The van der Waals surface area contributed by atoms with Gasteiger partial charge in [-0.05, 0) is 38.0 Å². The highest BCUT2D eigenvalue weighted by molar-refractivity contribution is 5.38. The van der Waals surface area contributed by atoms with Crippen molar-refractivity contribution in [1.82, 2.24) is 20.0 Å². The number of aromatic nitrogens is 4. The molecule has 1 saturated carbocycles. The highest BCUT2D eigenvalue weighted by atomic mass is 16.3. The SMILES string of the molecule is Cc1ccn(-c2ccc(N[C@@H]3CCC[C@]3(C)CO)nn2)n1. The standard InChI is InChI=1S/C15H21N5O/c1-11-7-9-20(19-11)14-6-5-13(17-18-14)16-12-4-3-8-15(12,2)10-21/h5-7,9,12,21H,3-4,8,10H2,1-2H3,(H,16,17)/t12-,15-/m1/s1. The van der Waals surface area contributed by atoms with Gasteiger partial charge in [-0.15, -0.1) is 10.2 Å². The van der Waals surface area contributed by atoms with E-state index < -0.39 is 0 Å². The Morgan fingerprint density at radius 3 is 2.86 bits per heavy atom. The molecular formula is C15H21N5O. The van der Waals surface area contributed by atoms with Crippen LogP contribution in [-0.2, 0) is 0 Å².